The average Bonchev–Trinajstić information content (AvgIpc) is 2.17. The predicted octanol–water partition coefficient (Wildman–Crippen LogP) is 2.22. The van der Waals surface area contributed by atoms with Crippen LogP contribution >= 0.6 is 0 Å². The summed E-state index contributed by atoms with van der Waals surface area (Å²) in [5.74, 6) is -0.680. The van der Waals surface area contributed by atoms with E-state index in [1.54, 1.807) is 12.1 Å². The minimum atomic E-state index is -0.493. The van der Waals surface area contributed by atoms with Crippen molar-refractivity contribution in [3.8, 4) is 0 Å². The maximum atomic E-state index is 11.9. The number of amides is 2. The number of hydrogen-bond acceptors (Lipinski definition) is 2. The van der Waals surface area contributed by atoms with E-state index in [2.05, 4.69) is 0 Å². The summed E-state index contributed by atoms with van der Waals surface area (Å²) in [7, 11) is 0. The van der Waals surface area contributed by atoms with Gasteiger partial charge in [0.2, 0.25) is 11.8 Å². The first kappa shape index (κ1) is 10.9. The number of imide groups is 1. The van der Waals surface area contributed by atoms with Gasteiger partial charge in [0.25, 0.3) is 0 Å². The van der Waals surface area contributed by atoms with Crippen LogP contribution in [0.1, 0.15) is 20.8 Å². The van der Waals surface area contributed by atoms with E-state index in [4.69, 9.17) is 0 Å². The summed E-state index contributed by atoms with van der Waals surface area (Å²) in [6, 6.07) is 9.05. The Morgan fingerprint density at radius 2 is 1.50 bits per heavy atom. The first-order valence-corrected chi connectivity index (χ1v) is 5.36. The molecule has 0 N–H and O–H groups in total. The van der Waals surface area contributed by atoms with E-state index in [1.165, 1.54) is 4.90 Å². The topological polar surface area (TPSA) is 37.4 Å². The lowest BCUT2D eigenvalue weighted by Crippen LogP contribution is -2.62. The number of nitrogens with zero attached hydrogens (tertiary/aromatic N) is 1. The van der Waals surface area contributed by atoms with E-state index in [0.717, 1.165) is 0 Å². The van der Waals surface area contributed by atoms with Crippen molar-refractivity contribution < 1.29 is 9.59 Å². The minimum absolute atomic E-state index is 0.0938. The molecule has 0 aromatic heterocycles. The van der Waals surface area contributed by atoms with Gasteiger partial charge in [-0.05, 0) is 17.5 Å². The number of β-lactam (4-membered cyclic amide) rings is 2. The van der Waals surface area contributed by atoms with Crippen LogP contribution in [-0.4, -0.2) is 11.8 Å². The third kappa shape index (κ3) is 1.52. The highest BCUT2D eigenvalue weighted by molar-refractivity contribution is 6.33. The van der Waals surface area contributed by atoms with Gasteiger partial charge in [0.15, 0.2) is 0 Å². The zero-order valence-corrected chi connectivity index (χ0v) is 9.73. The van der Waals surface area contributed by atoms with Crippen LogP contribution in [-0.2, 0) is 9.59 Å². The molecule has 0 bridgehead atoms. The third-order valence-electron chi connectivity index (χ3n) is 2.82. The molecule has 16 heavy (non-hydrogen) atoms. The Bertz CT molecular complexity index is 415. The lowest BCUT2D eigenvalue weighted by atomic mass is 9.74. The zero-order chi connectivity index (χ0) is 11.9. The van der Waals surface area contributed by atoms with E-state index in [0.29, 0.717) is 5.69 Å². The molecule has 1 aromatic rings. The van der Waals surface area contributed by atoms with Gasteiger partial charge in [-0.2, -0.15) is 0 Å². The van der Waals surface area contributed by atoms with Crippen molar-refractivity contribution in [2.24, 2.45) is 11.3 Å². The highest BCUT2D eigenvalue weighted by Gasteiger charge is 2.53. The molecule has 1 fully saturated rings. The second-order valence-electron chi connectivity index (χ2n) is 5.15. The maximum absolute atomic E-state index is 11.9. The summed E-state index contributed by atoms with van der Waals surface area (Å²) in [5.41, 5.74) is 0.373. The van der Waals surface area contributed by atoms with E-state index in [9.17, 15) is 9.59 Å². The highest BCUT2D eigenvalue weighted by atomic mass is 16.2. The van der Waals surface area contributed by atoms with Crippen LogP contribution in [0.4, 0.5) is 5.69 Å². The Labute approximate surface area is 95.1 Å². The van der Waals surface area contributed by atoms with Crippen molar-refractivity contribution in [2.75, 3.05) is 4.90 Å². The fourth-order valence-electron chi connectivity index (χ4n) is 1.98. The maximum Gasteiger partial charge on any atom is 0.246 e. The molecule has 1 saturated heterocycles. The standard InChI is InChI=1S/C13H15NO2/c1-13(2,3)10-11(15)14(12(10)16)9-7-5-4-6-8-9/h4-8,10H,1-3H3. The van der Waals surface area contributed by atoms with Gasteiger partial charge in [0, 0.05) is 0 Å². The predicted molar refractivity (Wildman–Crippen MR) is 61.9 cm³/mol. The normalized spacial score (nSPS) is 17.6. The van der Waals surface area contributed by atoms with E-state index in [1.807, 2.05) is 39.0 Å². The second kappa shape index (κ2) is 3.44. The molecule has 0 radical (unpaired) electrons. The zero-order valence-electron chi connectivity index (χ0n) is 9.73. The van der Waals surface area contributed by atoms with Gasteiger partial charge in [-0.3, -0.25) is 9.59 Å². The molecular formula is C13H15NO2. The summed E-state index contributed by atoms with van der Waals surface area (Å²) >= 11 is 0. The quantitative estimate of drug-likeness (QED) is 0.534. The summed E-state index contributed by atoms with van der Waals surface area (Å²) in [5, 5.41) is 0. The summed E-state index contributed by atoms with van der Waals surface area (Å²) < 4.78 is 0. The fraction of sp³-hybridized carbons (Fsp3) is 0.385. The van der Waals surface area contributed by atoms with Gasteiger partial charge in [0.1, 0.15) is 5.92 Å². The molecule has 2 rings (SSSR count). The van der Waals surface area contributed by atoms with Gasteiger partial charge in [0.05, 0.1) is 5.69 Å². The lowest BCUT2D eigenvalue weighted by Gasteiger charge is -2.42. The molecule has 1 heterocycles. The van der Waals surface area contributed by atoms with E-state index in [-0.39, 0.29) is 17.2 Å². The number of hydrogen-bond donors (Lipinski definition) is 0. The molecule has 2 amide bonds. The first-order valence-electron chi connectivity index (χ1n) is 5.36. The summed E-state index contributed by atoms with van der Waals surface area (Å²) in [6.45, 7) is 5.74. The van der Waals surface area contributed by atoms with Crippen molar-refractivity contribution in [2.45, 2.75) is 20.8 Å². The third-order valence-corrected chi connectivity index (χ3v) is 2.82. The molecular weight excluding hydrogens is 202 g/mol. The van der Waals surface area contributed by atoms with Crippen molar-refractivity contribution in [1.82, 2.24) is 0 Å². The Morgan fingerprint density at radius 3 is 1.94 bits per heavy atom. The highest BCUT2D eigenvalue weighted by Crippen LogP contribution is 2.38. The monoisotopic (exact) mass is 217 g/mol. The van der Waals surface area contributed by atoms with Gasteiger partial charge in [-0.25, -0.2) is 4.90 Å². The Morgan fingerprint density at radius 1 is 1.00 bits per heavy atom. The van der Waals surface area contributed by atoms with Crippen LogP contribution < -0.4 is 4.90 Å². The molecule has 3 heteroatoms. The Hall–Kier alpha value is -1.64. The van der Waals surface area contributed by atoms with Crippen LogP contribution in [0.3, 0.4) is 0 Å². The molecule has 0 unspecified atom stereocenters. The van der Waals surface area contributed by atoms with Crippen LogP contribution in [0.5, 0.6) is 0 Å². The Balaban J connectivity index is 2.25. The van der Waals surface area contributed by atoms with Gasteiger partial charge in [-0.1, -0.05) is 39.0 Å². The number of rotatable bonds is 1. The summed E-state index contributed by atoms with van der Waals surface area (Å²) in [6.07, 6.45) is 0. The van der Waals surface area contributed by atoms with Crippen molar-refractivity contribution in [3.63, 3.8) is 0 Å². The van der Waals surface area contributed by atoms with Gasteiger partial charge >= 0.3 is 0 Å². The molecule has 1 aliphatic heterocycles. The van der Waals surface area contributed by atoms with Crippen molar-refractivity contribution in [1.29, 1.82) is 0 Å². The van der Waals surface area contributed by atoms with Gasteiger partial charge in [-0.15, -0.1) is 0 Å². The molecule has 1 aliphatic rings. The molecule has 0 aliphatic carbocycles. The fourth-order valence-corrected chi connectivity index (χ4v) is 1.98. The van der Waals surface area contributed by atoms with Crippen LogP contribution in [0.15, 0.2) is 30.3 Å². The minimum Gasteiger partial charge on any atom is -0.273 e. The van der Waals surface area contributed by atoms with Crippen LogP contribution in [0, 0.1) is 11.3 Å². The Kier molecular flexibility index (Phi) is 2.34. The molecule has 3 nitrogen and oxygen atoms in total. The van der Waals surface area contributed by atoms with E-state index < -0.39 is 5.92 Å². The SMILES string of the molecule is CC(C)(C)C1C(=O)N(c2ccccc2)C1=O. The van der Waals surface area contributed by atoms with Crippen molar-refractivity contribution >= 4 is 17.5 Å². The molecule has 0 saturated carbocycles. The van der Waals surface area contributed by atoms with Crippen LogP contribution in [0.25, 0.3) is 0 Å². The second-order valence-corrected chi connectivity index (χ2v) is 5.15. The lowest BCUT2D eigenvalue weighted by molar-refractivity contribution is -0.148. The average molecular weight is 217 g/mol. The van der Waals surface area contributed by atoms with Crippen LogP contribution in [0.2, 0.25) is 0 Å². The number of carbonyl (C=O) groups is 2. The summed E-state index contributed by atoms with van der Waals surface area (Å²) in [4.78, 5) is 25.1. The number of benzene rings is 1. The number of para-hydroxylation sites is 1. The van der Waals surface area contributed by atoms with E-state index >= 15 is 0 Å². The van der Waals surface area contributed by atoms with Crippen molar-refractivity contribution in [3.05, 3.63) is 30.3 Å². The molecule has 84 valence electrons. The molecule has 0 spiro atoms. The molecule has 0 atom stereocenters. The molecule has 1 aromatic carbocycles. The smallest absolute Gasteiger partial charge is 0.246 e. The number of anilines is 1. The number of carbonyl (C=O) groups excluding carboxylic acids is 2. The first-order chi connectivity index (χ1) is 7.43. The van der Waals surface area contributed by atoms with Gasteiger partial charge < -0.3 is 0 Å². The largest absolute Gasteiger partial charge is 0.273 e.